The Kier molecular flexibility index (Phi) is 3.25. The van der Waals surface area contributed by atoms with Gasteiger partial charge in [0.2, 0.25) is 0 Å². The standard InChI is InChI=1S/C15H19N3O/c1-11-15(17-14-8-9-19-12(14)2)10-16-18(11)13-6-4-3-5-7-13/h3-7,10,12,14,17H,8-9H2,1-2H3/t12-,14+/m0/s1. The first-order valence-electron chi connectivity index (χ1n) is 6.74. The monoisotopic (exact) mass is 257 g/mol. The molecule has 1 aromatic heterocycles. The van der Waals surface area contributed by atoms with E-state index in [-0.39, 0.29) is 6.10 Å². The van der Waals surface area contributed by atoms with Crippen molar-refractivity contribution in [1.29, 1.82) is 0 Å². The van der Waals surface area contributed by atoms with Gasteiger partial charge in [0.1, 0.15) is 0 Å². The maximum absolute atomic E-state index is 5.58. The average Bonchev–Trinajstić information content (AvgIpc) is 2.99. The number of ether oxygens (including phenoxy) is 1. The molecule has 3 rings (SSSR count). The molecular formula is C15H19N3O. The van der Waals surface area contributed by atoms with E-state index in [9.17, 15) is 0 Å². The zero-order valence-corrected chi connectivity index (χ0v) is 11.3. The number of nitrogens with zero attached hydrogens (tertiary/aromatic N) is 2. The fourth-order valence-electron chi connectivity index (χ4n) is 2.50. The summed E-state index contributed by atoms with van der Waals surface area (Å²) in [6.45, 7) is 5.04. The van der Waals surface area contributed by atoms with Crippen LogP contribution >= 0.6 is 0 Å². The molecule has 100 valence electrons. The summed E-state index contributed by atoms with van der Waals surface area (Å²) < 4.78 is 7.54. The zero-order chi connectivity index (χ0) is 13.2. The molecule has 1 fully saturated rings. The molecule has 2 heterocycles. The predicted octanol–water partition coefficient (Wildman–Crippen LogP) is 2.77. The molecule has 0 saturated carbocycles. The number of hydrogen-bond acceptors (Lipinski definition) is 3. The van der Waals surface area contributed by atoms with Crippen LogP contribution in [0.4, 0.5) is 5.69 Å². The van der Waals surface area contributed by atoms with Crippen LogP contribution in [0.15, 0.2) is 36.5 Å². The van der Waals surface area contributed by atoms with Gasteiger partial charge in [-0.05, 0) is 32.4 Å². The Morgan fingerprint density at radius 1 is 1.32 bits per heavy atom. The highest BCUT2D eigenvalue weighted by molar-refractivity contribution is 5.50. The van der Waals surface area contributed by atoms with E-state index >= 15 is 0 Å². The molecule has 0 aliphatic carbocycles. The van der Waals surface area contributed by atoms with Crippen molar-refractivity contribution in [3.63, 3.8) is 0 Å². The first-order chi connectivity index (χ1) is 9.25. The van der Waals surface area contributed by atoms with Crippen LogP contribution in [0, 0.1) is 6.92 Å². The van der Waals surface area contributed by atoms with Crippen LogP contribution in [0.1, 0.15) is 19.0 Å². The molecule has 1 aliphatic rings. The number of nitrogens with one attached hydrogen (secondary N) is 1. The highest BCUT2D eigenvalue weighted by atomic mass is 16.5. The zero-order valence-electron chi connectivity index (χ0n) is 11.3. The Morgan fingerprint density at radius 2 is 2.11 bits per heavy atom. The second-order valence-corrected chi connectivity index (χ2v) is 5.01. The van der Waals surface area contributed by atoms with Crippen molar-refractivity contribution >= 4 is 5.69 Å². The SMILES string of the molecule is Cc1c(N[C@@H]2CCO[C@H]2C)cnn1-c1ccccc1. The van der Waals surface area contributed by atoms with Gasteiger partial charge in [0, 0.05) is 6.61 Å². The van der Waals surface area contributed by atoms with Gasteiger partial charge in [-0.3, -0.25) is 0 Å². The smallest absolute Gasteiger partial charge is 0.0764 e. The Hall–Kier alpha value is -1.81. The third-order valence-corrected chi connectivity index (χ3v) is 3.73. The van der Waals surface area contributed by atoms with Crippen molar-refractivity contribution in [2.45, 2.75) is 32.4 Å². The van der Waals surface area contributed by atoms with Crippen LogP contribution < -0.4 is 5.32 Å². The molecule has 19 heavy (non-hydrogen) atoms. The lowest BCUT2D eigenvalue weighted by atomic mass is 10.1. The van der Waals surface area contributed by atoms with Gasteiger partial charge in [-0.2, -0.15) is 5.10 Å². The highest BCUT2D eigenvalue weighted by Gasteiger charge is 2.25. The molecule has 0 unspecified atom stereocenters. The average molecular weight is 257 g/mol. The van der Waals surface area contributed by atoms with Gasteiger partial charge in [-0.1, -0.05) is 18.2 Å². The summed E-state index contributed by atoms with van der Waals surface area (Å²) in [6, 6.07) is 10.6. The second-order valence-electron chi connectivity index (χ2n) is 5.01. The molecule has 1 N–H and O–H groups in total. The fraction of sp³-hybridized carbons (Fsp3) is 0.400. The lowest BCUT2D eigenvalue weighted by molar-refractivity contribution is 0.121. The molecule has 1 aliphatic heterocycles. The molecule has 0 bridgehead atoms. The van der Waals surface area contributed by atoms with Crippen molar-refractivity contribution in [2.24, 2.45) is 0 Å². The van der Waals surface area contributed by atoms with Crippen LogP contribution in [0.2, 0.25) is 0 Å². The van der Waals surface area contributed by atoms with E-state index in [1.54, 1.807) is 0 Å². The fourth-order valence-corrected chi connectivity index (χ4v) is 2.50. The van der Waals surface area contributed by atoms with Crippen molar-refractivity contribution in [2.75, 3.05) is 11.9 Å². The number of hydrogen-bond donors (Lipinski definition) is 1. The van der Waals surface area contributed by atoms with Crippen molar-refractivity contribution < 1.29 is 4.74 Å². The van der Waals surface area contributed by atoms with Gasteiger partial charge in [0.15, 0.2) is 0 Å². The molecule has 0 radical (unpaired) electrons. The minimum absolute atomic E-state index is 0.263. The van der Waals surface area contributed by atoms with Crippen LogP contribution in [0.5, 0.6) is 0 Å². The molecule has 4 nitrogen and oxygen atoms in total. The van der Waals surface area contributed by atoms with Crippen molar-refractivity contribution in [3.8, 4) is 5.69 Å². The summed E-state index contributed by atoms with van der Waals surface area (Å²) in [5.74, 6) is 0. The number of aromatic nitrogens is 2. The summed E-state index contributed by atoms with van der Waals surface area (Å²) in [6.07, 6.45) is 3.21. The van der Waals surface area contributed by atoms with Gasteiger partial charge in [-0.25, -0.2) is 4.68 Å². The Morgan fingerprint density at radius 3 is 2.79 bits per heavy atom. The number of anilines is 1. The highest BCUT2D eigenvalue weighted by Crippen LogP contribution is 2.23. The van der Waals surface area contributed by atoms with Gasteiger partial charge < -0.3 is 10.1 Å². The van der Waals surface area contributed by atoms with Gasteiger partial charge >= 0.3 is 0 Å². The van der Waals surface area contributed by atoms with E-state index in [0.29, 0.717) is 6.04 Å². The molecule has 2 atom stereocenters. The lowest BCUT2D eigenvalue weighted by Gasteiger charge is -2.16. The molecule has 2 aromatic rings. The normalized spacial score (nSPS) is 22.6. The Balaban J connectivity index is 1.83. The van der Waals surface area contributed by atoms with Crippen LogP contribution in [0.3, 0.4) is 0 Å². The van der Waals surface area contributed by atoms with Crippen molar-refractivity contribution in [1.82, 2.24) is 9.78 Å². The molecule has 1 saturated heterocycles. The lowest BCUT2D eigenvalue weighted by Crippen LogP contribution is -2.26. The molecule has 0 amide bonds. The number of rotatable bonds is 3. The predicted molar refractivity (Wildman–Crippen MR) is 75.7 cm³/mol. The maximum atomic E-state index is 5.58. The summed E-state index contributed by atoms with van der Waals surface area (Å²) in [7, 11) is 0. The van der Waals surface area contributed by atoms with Crippen LogP contribution in [-0.2, 0) is 4.74 Å². The minimum Gasteiger partial charge on any atom is -0.377 e. The van der Waals surface area contributed by atoms with Gasteiger partial charge in [0.25, 0.3) is 0 Å². The summed E-state index contributed by atoms with van der Waals surface area (Å²) in [5.41, 5.74) is 3.31. The minimum atomic E-state index is 0.263. The van der Waals surface area contributed by atoms with Gasteiger partial charge in [0.05, 0.1) is 35.4 Å². The Bertz CT molecular complexity index is 550. The van der Waals surface area contributed by atoms with Crippen LogP contribution in [0.25, 0.3) is 5.69 Å². The molecular weight excluding hydrogens is 238 g/mol. The largest absolute Gasteiger partial charge is 0.377 e. The third kappa shape index (κ3) is 2.36. The maximum Gasteiger partial charge on any atom is 0.0764 e. The first kappa shape index (κ1) is 12.2. The van der Waals surface area contributed by atoms with E-state index in [2.05, 4.69) is 36.4 Å². The quantitative estimate of drug-likeness (QED) is 0.919. The molecule has 0 spiro atoms. The van der Waals surface area contributed by atoms with E-state index in [4.69, 9.17) is 4.74 Å². The van der Waals surface area contributed by atoms with E-state index in [0.717, 1.165) is 30.1 Å². The number of para-hydroxylation sites is 1. The topological polar surface area (TPSA) is 39.1 Å². The first-order valence-corrected chi connectivity index (χ1v) is 6.74. The number of benzene rings is 1. The van der Waals surface area contributed by atoms with Gasteiger partial charge in [-0.15, -0.1) is 0 Å². The van der Waals surface area contributed by atoms with E-state index < -0.39 is 0 Å². The second kappa shape index (κ2) is 5.05. The van der Waals surface area contributed by atoms with E-state index in [1.165, 1.54) is 0 Å². The molecule has 4 heteroatoms. The summed E-state index contributed by atoms with van der Waals surface area (Å²) >= 11 is 0. The molecule has 1 aromatic carbocycles. The van der Waals surface area contributed by atoms with Crippen molar-refractivity contribution in [3.05, 3.63) is 42.2 Å². The Labute approximate surface area is 113 Å². The summed E-state index contributed by atoms with van der Waals surface area (Å²) in [4.78, 5) is 0. The third-order valence-electron chi connectivity index (χ3n) is 3.73. The summed E-state index contributed by atoms with van der Waals surface area (Å²) in [5, 5.41) is 8.01. The van der Waals surface area contributed by atoms with E-state index in [1.807, 2.05) is 29.1 Å². The van der Waals surface area contributed by atoms with Crippen LogP contribution in [-0.4, -0.2) is 28.5 Å².